The van der Waals surface area contributed by atoms with Crippen molar-refractivity contribution >= 4 is 5.97 Å². The molecular formula is C20H17F3N2O3. The molecule has 3 aromatic rings. The second-order valence-electron chi connectivity index (χ2n) is 6.32. The van der Waals surface area contributed by atoms with Crippen molar-refractivity contribution in [3.05, 3.63) is 71.1 Å². The van der Waals surface area contributed by atoms with Crippen LogP contribution in [0.3, 0.4) is 0 Å². The van der Waals surface area contributed by atoms with Crippen LogP contribution in [0.25, 0.3) is 11.5 Å². The van der Waals surface area contributed by atoms with E-state index in [-0.39, 0.29) is 23.8 Å². The van der Waals surface area contributed by atoms with Crippen molar-refractivity contribution in [3.8, 4) is 11.5 Å². The van der Waals surface area contributed by atoms with Gasteiger partial charge in [-0.3, -0.25) is 4.79 Å². The molecule has 2 aromatic carbocycles. The van der Waals surface area contributed by atoms with Crippen molar-refractivity contribution < 1.29 is 27.1 Å². The van der Waals surface area contributed by atoms with Crippen LogP contribution < -0.4 is 0 Å². The first-order chi connectivity index (χ1) is 13.2. The lowest BCUT2D eigenvalue weighted by molar-refractivity contribution is -0.149. The Labute approximate surface area is 159 Å². The summed E-state index contributed by atoms with van der Waals surface area (Å²) in [7, 11) is 0. The first kappa shape index (κ1) is 19.6. The fourth-order valence-corrected chi connectivity index (χ4v) is 2.53. The maximum absolute atomic E-state index is 12.8. The molecule has 0 spiro atoms. The van der Waals surface area contributed by atoms with Gasteiger partial charge >= 0.3 is 12.1 Å². The predicted molar refractivity (Wildman–Crippen MR) is 94.1 cm³/mol. The highest BCUT2D eigenvalue weighted by Gasteiger charge is 2.30. The third-order valence-corrected chi connectivity index (χ3v) is 4.00. The Balaban J connectivity index is 1.64. The molecule has 0 aliphatic heterocycles. The van der Waals surface area contributed by atoms with Gasteiger partial charge in [0.15, 0.2) is 6.10 Å². The van der Waals surface area contributed by atoms with Crippen LogP contribution in [0.4, 0.5) is 13.2 Å². The summed E-state index contributed by atoms with van der Waals surface area (Å²) in [6.07, 6.45) is -5.60. The first-order valence-corrected chi connectivity index (χ1v) is 8.48. The maximum Gasteiger partial charge on any atom is 0.416 e. The number of nitrogens with zero attached hydrogens (tertiary/aromatic N) is 2. The summed E-state index contributed by atoms with van der Waals surface area (Å²) in [5.74, 6) is -0.300. The topological polar surface area (TPSA) is 65.2 Å². The second kappa shape index (κ2) is 7.84. The second-order valence-corrected chi connectivity index (χ2v) is 6.32. The van der Waals surface area contributed by atoms with Crippen LogP contribution in [0.1, 0.15) is 35.6 Å². The van der Waals surface area contributed by atoms with Crippen molar-refractivity contribution in [2.24, 2.45) is 0 Å². The summed E-state index contributed by atoms with van der Waals surface area (Å²) >= 11 is 0. The van der Waals surface area contributed by atoms with Crippen molar-refractivity contribution in [1.29, 1.82) is 0 Å². The van der Waals surface area contributed by atoms with Gasteiger partial charge < -0.3 is 9.15 Å². The summed E-state index contributed by atoms with van der Waals surface area (Å²) in [5.41, 5.74) is 1.20. The summed E-state index contributed by atoms with van der Waals surface area (Å²) < 4.78 is 49.0. The molecule has 0 bridgehead atoms. The van der Waals surface area contributed by atoms with E-state index in [0.29, 0.717) is 0 Å². The van der Waals surface area contributed by atoms with E-state index in [1.165, 1.54) is 12.1 Å². The number of benzene rings is 2. The van der Waals surface area contributed by atoms with Crippen molar-refractivity contribution in [2.45, 2.75) is 32.5 Å². The third-order valence-electron chi connectivity index (χ3n) is 4.00. The van der Waals surface area contributed by atoms with Gasteiger partial charge in [-0.05, 0) is 37.6 Å². The molecule has 146 valence electrons. The highest BCUT2D eigenvalue weighted by Crippen LogP contribution is 2.30. The van der Waals surface area contributed by atoms with Crippen LogP contribution >= 0.6 is 0 Å². The number of aryl methyl sites for hydroxylation is 1. The Kier molecular flexibility index (Phi) is 5.48. The van der Waals surface area contributed by atoms with Crippen LogP contribution in [0.15, 0.2) is 52.9 Å². The lowest BCUT2D eigenvalue weighted by atomic mass is 10.1. The van der Waals surface area contributed by atoms with E-state index in [2.05, 4.69) is 10.2 Å². The number of ether oxygens (including phenoxy) is 1. The SMILES string of the molecule is Cc1ccc(-c2nnc(C(C)OC(=O)Cc3cccc(C(F)(F)F)c3)o2)cc1. The number of alkyl halides is 3. The van der Waals surface area contributed by atoms with Gasteiger partial charge in [-0.2, -0.15) is 13.2 Å². The molecule has 0 radical (unpaired) electrons. The Morgan fingerprint density at radius 1 is 1.14 bits per heavy atom. The lowest BCUT2D eigenvalue weighted by Gasteiger charge is -2.11. The normalized spacial score (nSPS) is 12.6. The Bertz CT molecular complexity index is 965. The van der Waals surface area contributed by atoms with Gasteiger partial charge in [-0.15, -0.1) is 10.2 Å². The van der Waals surface area contributed by atoms with Crippen molar-refractivity contribution in [3.63, 3.8) is 0 Å². The molecule has 0 saturated carbocycles. The van der Waals surface area contributed by atoms with E-state index in [1.807, 2.05) is 31.2 Å². The molecule has 1 atom stereocenters. The van der Waals surface area contributed by atoms with E-state index >= 15 is 0 Å². The molecule has 8 heteroatoms. The average molecular weight is 390 g/mol. The fraction of sp³-hybridized carbons (Fsp3) is 0.250. The van der Waals surface area contributed by atoms with Crippen LogP contribution in [0.5, 0.6) is 0 Å². The number of hydrogen-bond donors (Lipinski definition) is 0. The predicted octanol–water partition coefficient (Wildman–Crippen LogP) is 4.91. The Morgan fingerprint density at radius 3 is 2.54 bits per heavy atom. The summed E-state index contributed by atoms with van der Waals surface area (Å²) in [6, 6.07) is 12.0. The van der Waals surface area contributed by atoms with Gasteiger partial charge in [0.2, 0.25) is 5.89 Å². The zero-order valence-corrected chi connectivity index (χ0v) is 15.2. The molecule has 1 aromatic heterocycles. The molecule has 0 amide bonds. The monoisotopic (exact) mass is 390 g/mol. The number of carbonyl (C=O) groups is 1. The van der Waals surface area contributed by atoms with Crippen molar-refractivity contribution in [2.75, 3.05) is 0 Å². The summed E-state index contributed by atoms with van der Waals surface area (Å²) in [4.78, 5) is 12.1. The van der Waals surface area contributed by atoms with Crippen molar-refractivity contribution in [1.82, 2.24) is 10.2 Å². The standard InChI is InChI=1S/C20H17F3N2O3/c1-12-6-8-15(9-7-12)19-25-24-18(28-19)13(2)27-17(26)11-14-4-3-5-16(10-14)20(21,22)23/h3-10,13H,11H2,1-2H3. The van der Waals surface area contributed by atoms with Gasteiger partial charge in [0.05, 0.1) is 12.0 Å². The van der Waals surface area contributed by atoms with E-state index in [1.54, 1.807) is 6.92 Å². The Hall–Kier alpha value is -3.16. The first-order valence-electron chi connectivity index (χ1n) is 8.48. The van der Waals surface area contributed by atoms with E-state index in [9.17, 15) is 18.0 Å². The highest BCUT2D eigenvalue weighted by molar-refractivity contribution is 5.72. The van der Waals surface area contributed by atoms with E-state index in [0.717, 1.165) is 23.3 Å². The van der Waals surface area contributed by atoms with Gasteiger partial charge in [-0.1, -0.05) is 35.9 Å². The molecule has 0 N–H and O–H groups in total. The molecule has 3 rings (SSSR count). The van der Waals surface area contributed by atoms with Crippen LogP contribution in [0, 0.1) is 6.92 Å². The Morgan fingerprint density at radius 2 is 1.86 bits per heavy atom. The number of esters is 1. The molecule has 0 fully saturated rings. The molecule has 1 unspecified atom stereocenters. The quantitative estimate of drug-likeness (QED) is 0.579. The van der Waals surface area contributed by atoms with Crippen LogP contribution in [0.2, 0.25) is 0 Å². The number of rotatable bonds is 5. The number of aromatic nitrogens is 2. The molecule has 5 nitrogen and oxygen atoms in total. The molecular weight excluding hydrogens is 373 g/mol. The fourth-order valence-electron chi connectivity index (χ4n) is 2.53. The van der Waals surface area contributed by atoms with Gasteiger partial charge in [0.25, 0.3) is 5.89 Å². The highest BCUT2D eigenvalue weighted by atomic mass is 19.4. The van der Waals surface area contributed by atoms with E-state index < -0.39 is 23.8 Å². The molecule has 28 heavy (non-hydrogen) atoms. The molecule has 0 saturated heterocycles. The number of hydrogen-bond acceptors (Lipinski definition) is 5. The van der Waals surface area contributed by atoms with Crippen LogP contribution in [-0.2, 0) is 22.1 Å². The van der Waals surface area contributed by atoms with E-state index in [4.69, 9.17) is 9.15 Å². The molecule has 0 aliphatic carbocycles. The lowest BCUT2D eigenvalue weighted by Crippen LogP contribution is -2.12. The van der Waals surface area contributed by atoms with Gasteiger partial charge in [0.1, 0.15) is 0 Å². The number of carbonyl (C=O) groups excluding carboxylic acids is 1. The minimum absolute atomic E-state index is 0.105. The zero-order chi connectivity index (χ0) is 20.3. The molecule has 1 heterocycles. The zero-order valence-electron chi connectivity index (χ0n) is 15.2. The van der Waals surface area contributed by atoms with Gasteiger partial charge in [0, 0.05) is 5.56 Å². The van der Waals surface area contributed by atoms with Gasteiger partial charge in [-0.25, -0.2) is 0 Å². The molecule has 0 aliphatic rings. The third kappa shape index (κ3) is 4.76. The van der Waals surface area contributed by atoms with Crippen LogP contribution in [-0.4, -0.2) is 16.2 Å². The smallest absolute Gasteiger partial charge is 0.416 e. The maximum atomic E-state index is 12.8. The largest absolute Gasteiger partial charge is 0.452 e. The summed E-state index contributed by atoms with van der Waals surface area (Å²) in [6.45, 7) is 3.51. The number of halogens is 3. The minimum Gasteiger partial charge on any atom is -0.452 e. The minimum atomic E-state index is -4.47. The summed E-state index contributed by atoms with van der Waals surface area (Å²) in [5, 5.41) is 7.81. The average Bonchev–Trinajstić information content (AvgIpc) is 3.12.